The number of benzene rings is 2. The highest BCUT2D eigenvalue weighted by Gasteiger charge is 2.24. The number of rotatable bonds is 4. The maximum atomic E-state index is 12.5. The summed E-state index contributed by atoms with van der Waals surface area (Å²) in [5.74, 6) is 1.43. The molecule has 2 aromatic rings. The molecule has 3 rings (SSSR count). The van der Waals surface area contributed by atoms with E-state index in [2.05, 4.69) is 15.9 Å². The van der Waals surface area contributed by atoms with Crippen molar-refractivity contribution >= 4 is 27.8 Å². The Kier molecular flexibility index (Phi) is 4.53. The lowest BCUT2D eigenvalue weighted by molar-refractivity contribution is 0.104. The van der Waals surface area contributed by atoms with Crippen LogP contribution in [0.1, 0.15) is 28.4 Å². The minimum Gasteiger partial charge on any atom is -0.492 e. The standard InChI is InChI=1S/C19H17BrO3/c1-3-23-17-10-12(9-16(20)19(17)22-2)8-14-11-13-6-4-5-7-15(13)18(14)21/h4-10H,3,11H2,1-2H3. The van der Waals surface area contributed by atoms with Gasteiger partial charge in [0.2, 0.25) is 0 Å². The number of fused-ring (bicyclic) bond motifs is 1. The maximum absolute atomic E-state index is 12.5. The summed E-state index contributed by atoms with van der Waals surface area (Å²) in [6.07, 6.45) is 2.59. The zero-order valence-corrected chi connectivity index (χ0v) is 14.6. The van der Waals surface area contributed by atoms with Crippen LogP contribution < -0.4 is 9.47 Å². The summed E-state index contributed by atoms with van der Waals surface area (Å²) in [6.45, 7) is 2.48. The SMILES string of the molecule is CCOc1cc(C=C2Cc3ccccc3C2=O)cc(Br)c1OC. The predicted molar refractivity (Wildman–Crippen MR) is 94.3 cm³/mol. The van der Waals surface area contributed by atoms with E-state index in [1.165, 1.54) is 0 Å². The molecule has 118 valence electrons. The Labute approximate surface area is 144 Å². The van der Waals surface area contributed by atoms with Crippen molar-refractivity contribution in [2.45, 2.75) is 13.3 Å². The van der Waals surface area contributed by atoms with E-state index in [1.54, 1.807) is 7.11 Å². The highest BCUT2D eigenvalue weighted by molar-refractivity contribution is 9.10. The first kappa shape index (κ1) is 15.8. The molecule has 1 aliphatic carbocycles. The minimum atomic E-state index is 0.102. The number of Topliss-reactive ketones (excluding diaryl/α,β-unsaturated/α-hetero) is 1. The number of methoxy groups -OCH3 is 1. The number of allylic oxidation sites excluding steroid dienone is 1. The van der Waals surface area contributed by atoms with Crippen LogP contribution in [0.2, 0.25) is 0 Å². The van der Waals surface area contributed by atoms with Crippen LogP contribution >= 0.6 is 15.9 Å². The molecule has 0 bridgehead atoms. The van der Waals surface area contributed by atoms with Crippen LogP contribution in [0, 0.1) is 0 Å². The van der Waals surface area contributed by atoms with E-state index in [4.69, 9.17) is 9.47 Å². The van der Waals surface area contributed by atoms with Gasteiger partial charge in [-0.2, -0.15) is 0 Å². The van der Waals surface area contributed by atoms with Crippen molar-refractivity contribution in [2.24, 2.45) is 0 Å². The Balaban J connectivity index is 1.99. The fourth-order valence-electron chi connectivity index (χ4n) is 2.80. The third-order valence-electron chi connectivity index (χ3n) is 3.81. The van der Waals surface area contributed by atoms with Gasteiger partial charge >= 0.3 is 0 Å². The van der Waals surface area contributed by atoms with Crippen molar-refractivity contribution in [3.05, 3.63) is 63.1 Å². The summed E-state index contributed by atoms with van der Waals surface area (Å²) in [5.41, 5.74) is 3.60. The van der Waals surface area contributed by atoms with E-state index in [1.807, 2.05) is 49.4 Å². The smallest absolute Gasteiger partial charge is 0.189 e. The predicted octanol–water partition coefficient (Wildman–Crippen LogP) is 4.68. The number of hydrogen-bond acceptors (Lipinski definition) is 3. The lowest BCUT2D eigenvalue weighted by atomic mass is 10.1. The van der Waals surface area contributed by atoms with Crippen LogP contribution in [0.15, 0.2) is 46.4 Å². The van der Waals surface area contributed by atoms with Crippen molar-refractivity contribution in [1.82, 2.24) is 0 Å². The fourth-order valence-corrected chi connectivity index (χ4v) is 3.43. The topological polar surface area (TPSA) is 35.5 Å². The van der Waals surface area contributed by atoms with Gasteiger partial charge in [0, 0.05) is 17.6 Å². The largest absolute Gasteiger partial charge is 0.492 e. The summed E-state index contributed by atoms with van der Waals surface area (Å²) < 4.78 is 11.8. The lowest BCUT2D eigenvalue weighted by Crippen LogP contribution is -1.98. The Hall–Kier alpha value is -2.07. The molecule has 1 aliphatic rings. The molecule has 0 N–H and O–H groups in total. The molecule has 0 fully saturated rings. The summed E-state index contributed by atoms with van der Waals surface area (Å²) in [7, 11) is 1.61. The molecule has 23 heavy (non-hydrogen) atoms. The van der Waals surface area contributed by atoms with E-state index in [-0.39, 0.29) is 5.78 Å². The van der Waals surface area contributed by atoms with Crippen LogP contribution in [0.5, 0.6) is 11.5 Å². The van der Waals surface area contributed by atoms with Gasteiger partial charge < -0.3 is 9.47 Å². The summed E-state index contributed by atoms with van der Waals surface area (Å²) in [6, 6.07) is 11.6. The minimum absolute atomic E-state index is 0.102. The van der Waals surface area contributed by atoms with E-state index in [0.717, 1.165) is 26.7 Å². The normalized spacial score (nSPS) is 14.9. The van der Waals surface area contributed by atoms with Crippen LogP contribution in [0.4, 0.5) is 0 Å². The van der Waals surface area contributed by atoms with Gasteiger partial charge in [0.05, 0.1) is 18.2 Å². The number of ketones is 1. The lowest BCUT2D eigenvalue weighted by Gasteiger charge is -2.12. The van der Waals surface area contributed by atoms with Crippen LogP contribution in [0.3, 0.4) is 0 Å². The molecule has 0 aliphatic heterocycles. The van der Waals surface area contributed by atoms with Gasteiger partial charge in [-0.25, -0.2) is 0 Å². The molecule has 0 spiro atoms. The van der Waals surface area contributed by atoms with Gasteiger partial charge in [0.1, 0.15) is 0 Å². The molecule has 0 saturated heterocycles. The van der Waals surface area contributed by atoms with E-state index >= 15 is 0 Å². The van der Waals surface area contributed by atoms with Gasteiger partial charge in [-0.15, -0.1) is 0 Å². The molecule has 0 unspecified atom stereocenters. The van der Waals surface area contributed by atoms with Crippen LogP contribution in [0.25, 0.3) is 6.08 Å². The van der Waals surface area contributed by atoms with Crippen molar-refractivity contribution in [1.29, 1.82) is 0 Å². The first-order valence-electron chi connectivity index (χ1n) is 7.47. The van der Waals surface area contributed by atoms with Crippen molar-refractivity contribution < 1.29 is 14.3 Å². The number of carbonyl (C=O) groups excluding carboxylic acids is 1. The summed E-state index contributed by atoms with van der Waals surface area (Å²) in [5, 5.41) is 0. The van der Waals surface area contributed by atoms with Gasteiger partial charge in [0.15, 0.2) is 17.3 Å². The molecular formula is C19H17BrO3. The van der Waals surface area contributed by atoms with Gasteiger partial charge in [0.25, 0.3) is 0 Å². The van der Waals surface area contributed by atoms with Crippen molar-refractivity contribution in [3.63, 3.8) is 0 Å². The van der Waals surface area contributed by atoms with Crippen molar-refractivity contribution in [2.75, 3.05) is 13.7 Å². The first-order valence-corrected chi connectivity index (χ1v) is 8.26. The molecule has 0 heterocycles. The molecule has 3 nitrogen and oxygen atoms in total. The van der Waals surface area contributed by atoms with Crippen molar-refractivity contribution in [3.8, 4) is 11.5 Å². The Morgan fingerprint density at radius 2 is 2.04 bits per heavy atom. The molecule has 0 amide bonds. The quantitative estimate of drug-likeness (QED) is 0.731. The molecule has 2 aromatic carbocycles. The molecule has 0 aromatic heterocycles. The first-order chi connectivity index (χ1) is 11.1. The fraction of sp³-hybridized carbons (Fsp3) is 0.211. The zero-order valence-electron chi connectivity index (χ0n) is 13.1. The second-order valence-corrected chi connectivity index (χ2v) is 6.15. The molecule has 4 heteroatoms. The molecule has 0 atom stereocenters. The average molecular weight is 373 g/mol. The zero-order chi connectivity index (χ0) is 16.4. The number of ether oxygens (including phenoxy) is 2. The van der Waals surface area contributed by atoms with Crippen LogP contribution in [-0.4, -0.2) is 19.5 Å². The second kappa shape index (κ2) is 6.59. The molecule has 0 saturated carbocycles. The number of hydrogen-bond donors (Lipinski definition) is 0. The third kappa shape index (κ3) is 3.04. The van der Waals surface area contributed by atoms with E-state index in [9.17, 15) is 4.79 Å². The van der Waals surface area contributed by atoms with Crippen LogP contribution in [-0.2, 0) is 6.42 Å². The van der Waals surface area contributed by atoms with Gasteiger partial charge in [-0.1, -0.05) is 24.3 Å². The maximum Gasteiger partial charge on any atom is 0.189 e. The Morgan fingerprint density at radius 1 is 1.26 bits per heavy atom. The second-order valence-electron chi connectivity index (χ2n) is 5.30. The summed E-state index contributed by atoms with van der Waals surface area (Å²) >= 11 is 3.50. The molecular weight excluding hydrogens is 356 g/mol. The van der Waals surface area contributed by atoms with Gasteiger partial charge in [-0.05, 0) is 52.2 Å². The Bertz CT molecular complexity index is 793. The van der Waals surface area contributed by atoms with E-state index < -0.39 is 0 Å². The third-order valence-corrected chi connectivity index (χ3v) is 4.40. The number of halogens is 1. The summed E-state index contributed by atoms with van der Waals surface area (Å²) in [4.78, 5) is 12.5. The average Bonchev–Trinajstić information content (AvgIpc) is 2.84. The molecule has 0 radical (unpaired) electrons. The van der Waals surface area contributed by atoms with Gasteiger partial charge in [-0.3, -0.25) is 4.79 Å². The monoisotopic (exact) mass is 372 g/mol. The van der Waals surface area contributed by atoms with E-state index in [0.29, 0.717) is 24.5 Å². The number of carbonyl (C=O) groups is 1. The highest BCUT2D eigenvalue weighted by atomic mass is 79.9. The Morgan fingerprint density at radius 3 is 2.74 bits per heavy atom. The highest BCUT2D eigenvalue weighted by Crippen LogP contribution is 2.38.